The van der Waals surface area contributed by atoms with Crippen LogP contribution < -0.4 is 10.4 Å². The Balaban J connectivity index is 2.77. The van der Waals surface area contributed by atoms with Crippen LogP contribution in [0, 0.1) is 0 Å². The average molecular weight is 248 g/mol. The number of carbonyl (C=O) groups excluding carboxylic acids is 2. The van der Waals surface area contributed by atoms with Gasteiger partial charge in [0.15, 0.2) is 6.04 Å². The summed E-state index contributed by atoms with van der Waals surface area (Å²) in [6, 6.07) is -1.44. The Hall–Kier alpha value is -0.790. The van der Waals surface area contributed by atoms with E-state index in [0.717, 1.165) is 0 Å². The van der Waals surface area contributed by atoms with Crippen molar-refractivity contribution in [2.45, 2.75) is 24.6 Å². The molecule has 3 atom stereocenters. The van der Waals surface area contributed by atoms with Crippen molar-refractivity contribution in [1.82, 2.24) is 4.90 Å². The Labute approximate surface area is 99.0 Å². The number of β-amino-alcohol motifs (C(OH)–C–C–N with tert-alkyl or cyclic N) is 1. The zero-order valence-electron chi connectivity index (χ0n) is 9.00. The molecule has 0 bridgehead atoms. The summed E-state index contributed by atoms with van der Waals surface area (Å²) in [5.41, 5.74) is 0. The van der Waals surface area contributed by atoms with Crippen molar-refractivity contribution in [1.29, 1.82) is 0 Å². The van der Waals surface area contributed by atoms with E-state index in [9.17, 15) is 19.8 Å². The van der Waals surface area contributed by atoms with E-state index < -0.39 is 24.2 Å². The van der Waals surface area contributed by atoms with E-state index >= 15 is 0 Å². The number of likely N-dealkylation sites (N-methyl/N-ethyl adjacent to an activating group) is 1. The topological polar surface area (TPSA) is 97.3 Å². The fourth-order valence-corrected chi connectivity index (χ4v) is 2.19. The van der Waals surface area contributed by atoms with Gasteiger partial charge in [-0.3, -0.25) is 4.79 Å². The lowest BCUT2D eigenvalue weighted by Crippen LogP contribution is -2.90. The maximum absolute atomic E-state index is 11.9. The molecule has 0 aromatic heterocycles. The fourth-order valence-electron chi connectivity index (χ4n) is 1.82. The third-order valence-corrected chi connectivity index (χ3v) is 3.14. The Bertz CT molecular complexity index is 283. The SMILES string of the molecule is C[NH2+][C@@H](CS)C(=O)N1C[C@H](O)C[C@H]1C(=O)[O-]. The van der Waals surface area contributed by atoms with E-state index in [4.69, 9.17) is 0 Å². The van der Waals surface area contributed by atoms with Crippen LogP contribution in [-0.4, -0.2) is 59.4 Å². The van der Waals surface area contributed by atoms with E-state index in [2.05, 4.69) is 12.6 Å². The van der Waals surface area contributed by atoms with Crippen LogP contribution in [0.5, 0.6) is 0 Å². The van der Waals surface area contributed by atoms with Gasteiger partial charge in [-0.15, -0.1) is 0 Å². The highest BCUT2D eigenvalue weighted by atomic mass is 32.1. The third-order valence-electron chi connectivity index (χ3n) is 2.75. The number of aliphatic hydroxyl groups excluding tert-OH is 1. The van der Waals surface area contributed by atoms with Gasteiger partial charge in [-0.2, -0.15) is 12.6 Å². The molecule has 0 radical (unpaired) electrons. The molecule has 3 N–H and O–H groups in total. The molecule has 1 saturated heterocycles. The van der Waals surface area contributed by atoms with Crippen molar-refractivity contribution in [2.75, 3.05) is 19.3 Å². The molecule has 0 unspecified atom stereocenters. The third kappa shape index (κ3) is 2.66. The number of nitrogens with zero attached hydrogens (tertiary/aromatic N) is 1. The quantitative estimate of drug-likeness (QED) is 0.444. The lowest BCUT2D eigenvalue weighted by Gasteiger charge is -2.26. The highest BCUT2D eigenvalue weighted by Gasteiger charge is 2.38. The molecule has 0 saturated carbocycles. The minimum Gasteiger partial charge on any atom is -0.548 e. The normalized spacial score (nSPS) is 26.8. The molecule has 7 heteroatoms. The van der Waals surface area contributed by atoms with E-state index in [0.29, 0.717) is 5.75 Å². The standard InChI is InChI=1S/C9H16N2O4S/c1-10-6(4-16)8(13)11-3-5(12)2-7(11)9(14)15/h5-7,10,12,16H,2-4H2,1H3,(H,14,15)/t5-,6+,7+/m1/s1. The van der Waals surface area contributed by atoms with Crippen molar-refractivity contribution in [3.63, 3.8) is 0 Å². The summed E-state index contributed by atoms with van der Waals surface area (Å²) < 4.78 is 0. The molecule has 1 heterocycles. The van der Waals surface area contributed by atoms with Gasteiger partial charge in [0.1, 0.15) is 0 Å². The first-order valence-electron chi connectivity index (χ1n) is 5.11. The van der Waals surface area contributed by atoms with Crippen LogP contribution in [-0.2, 0) is 9.59 Å². The number of thiol groups is 1. The predicted molar refractivity (Wildman–Crippen MR) is 56.6 cm³/mol. The predicted octanol–water partition coefficient (Wildman–Crippen LogP) is -3.81. The molecule has 0 spiro atoms. The van der Waals surface area contributed by atoms with Gasteiger partial charge in [-0.1, -0.05) is 0 Å². The van der Waals surface area contributed by atoms with Gasteiger partial charge in [-0.05, 0) is 0 Å². The molecule has 0 aromatic rings. The number of hydrogen-bond acceptors (Lipinski definition) is 5. The molecule has 92 valence electrons. The number of quaternary nitrogens is 1. The first-order chi connectivity index (χ1) is 7.51. The molecule has 1 rings (SSSR count). The fraction of sp³-hybridized carbons (Fsp3) is 0.778. The summed E-state index contributed by atoms with van der Waals surface area (Å²) in [6.45, 7) is 0.0512. The van der Waals surface area contributed by atoms with E-state index in [-0.39, 0.29) is 18.9 Å². The molecule has 1 aliphatic heterocycles. The van der Waals surface area contributed by atoms with E-state index in [1.54, 1.807) is 12.4 Å². The Morgan fingerprint density at radius 3 is 2.75 bits per heavy atom. The summed E-state index contributed by atoms with van der Waals surface area (Å²) >= 11 is 4.03. The van der Waals surface area contributed by atoms with E-state index in [1.807, 2.05) is 0 Å². The van der Waals surface area contributed by atoms with Crippen LogP contribution in [0.2, 0.25) is 0 Å². The first-order valence-corrected chi connectivity index (χ1v) is 5.74. The Morgan fingerprint density at radius 2 is 2.31 bits per heavy atom. The second-order valence-corrected chi connectivity index (χ2v) is 4.20. The highest BCUT2D eigenvalue weighted by molar-refractivity contribution is 7.80. The second-order valence-electron chi connectivity index (χ2n) is 3.84. The summed E-state index contributed by atoms with van der Waals surface area (Å²) in [5.74, 6) is -1.32. The number of likely N-dealkylation sites (tertiary alicyclic amines) is 1. The van der Waals surface area contributed by atoms with Crippen LogP contribution in [0.1, 0.15) is 6.42 Å². The van der Waals surface area contributed by atoms with Crippen molar-refractivity contribution < 1.29 is 25.1 Å². The Morgan fingerprint density at radius 1 is 1.69 bits per heavy atom. The largest absolute Gasteiger partial charge is 0.548 e. The average Bonchev–Trinajstić information content (AvgIpc) is 2.62. The molecule has 0 aromatic carbocycles. The van der Waals surface area contributed by atoms with Crippen molar-refractivity contribution in [2.24, 2.45) is 0 Å². The molecular weight excluding hydrogens is 232 g/mol. The van der Waals surface area contributed by atoms with Crippen LogP contribution in [0.25, 0.3) is 0 Å². The van der Waals surface area contributed by atoms with Gasteiger partial charge in [-0.25, -0.2) is 0 Å². The molecule has 1 fully saturated rings. The lowest BCUT2D eigenvalue weighted by atomic mass is 10.2. The van der Waals surface area contributed by atoms with Gasteiger partial charge in [0, 0.05) is 13.0 Å². The van der Waals surface area contributed by atoms with Crippen LogP contribution in [0.4, 0.5) is 0 Å². The number of nitrogens with two attached hydrogens (primary N) is 1. The zero-order chi connectivity index (χ0) is 12.3. The molecule has 16 heavy (non-hydrogen) atoms. The number of aliphatic carboxylic acids is 1. The number of carboxylic acid groups (broad SMARTS) is 1. The molecule has 0 aliphatic carbocycles. The van der Waals surface area contributed by atoms with Crippen LogP contribution >= 0.6 is 12.6 Å². The highest BCUT2D eigenvalue weighted by Crippen LogP contribution is 2.18. The first kappa shape index (κ1) is 13.3. The van der Waals surface area contributed by atoms with Crippen LogP contribution in [0.15, 0.2) is 0 Å². The smallest absolute Gasteiger partial charge is 0.282 e. The number of carbonyl (C=O) groups is 2. The maximum Gasteiger partial charge on any atom is 0.282 e. The van der Waals surface area contributed by atoms with Gasteiger partial charge < -0.3 is 25.2 Å². The summed E-state index contributed by atoms with van der Waals surface area (Å²) in [6.07, 6.45) is -0.749. The summed E-state index contributed by atoms with van der Waals surface area (Å²) in [5, 5.41) is 21.9. The number of rotatable bonds is 4. The van der Waals surface area contributed by atoms with Gasteiger partial charge >= 0.3 is 0 Å². The van der Waals surface area contributed by atoms with Crippen molar-refractivity contribution >= 4 is 24.5 Å². The maximum atomic E-state index is 11.9. The lowest BCUT2D eigenvalue weighted by molar-refractivity contribution is -0.646. The Kier molecular flexibility index (Phi) is 4.57. The van der Waals surface area contributed by atoms with E-state index in [1.165, 1.54) is 4.90 Å². The number of amides is 1. The molecule has 6 nitrogen and oxygen atoms in total. The minimum atomic E-state index is -1.32. The molecular formula is C9H16N2O4S. The zero-order valence-corrected chi connectivity index (χ0v) is 9.89. The van der Waals surface area contributed by atoms with Gasteiger partial charge in [0.05, 0.1) is 30.9 Å². The minimum absolute atomic E-state index is 0.0388. The molecule has 1 amide bonds. The van der Waals surface area contributed by atoms with Gasteiger partial charge in [0.2, 0.25) is 0 Å². The summed E-state index contributed by atoms with van der Waals surface area (Å²) in [4.78, 5) is 23.9. The number of hydrogen-bond donors (Lipinski definition) is 3. The number of aliphatic hydroxyl groups is 1. The van der Waals surface area contributed by atoms with Crippen molar-refractivity contribution in [3.8, 4) is 0 Å². The van der Waals surface area contributed by atoms with Crippen molar-refractivity contribution in [3.05, 3.63) is 0 Å². The van der Waals surface area contributed by atoms with Crippen LogP contribution in [0.3, 0.4) is 0 Å². The molecule has 1 aliphatic rings. The monoisotopic (exact) mass is 248 g/mol. The second kappa shape index (κ2) is 5.51. The summed E-state index contributed by atoms with van der Waals surface area (Å²) in [7, 11) is 1.72. The number of carboxylic acids is 1. The van der Waals surface area contributed by atoms with Gasteiger partial charge in [0.25, 0.3) is 5.91 Å².